The average Bonchev–Trinajstić information content (AvgIpc) is 3.04. The summed E-state index contributed by atoms with van der Waals surface area (Å²) < 4.78 is 31.3. The van der Waals surface area contributed by atoms with E-state index in [0.717, 1.165) is 28.0 Å². The topological polar surface area (TPSA) is 58.2 Å². The third-order valence-electron chi connectivity index (χ3n) is 7.27. The molecule has 4 aromatic carbocycles. The van der Waals surface area contributed by atoms with E-state index in [1.165, 1.54) is 0 Å². The van der Waals surface area contributed by atoms with E-state index >= 15 is 0 Å². The Kier molecular flexibility index (Phi) is 10.9. The maximum Gasteiger partial charge on any atom is 0.118 e. The molecule has 0 aromatic heterocycles. The molecule has 1 aliphatic rings. The van der Waals surface area contributed by atoms with Gasteiger partial charge in [0.1, 0.15) is 18.0 Å². The van der Waals surface area contributed by atoms with Gasteiger partial charge < -0.3 is 29.0 Å². The molecule has 0 saturated carbocycles. The van der Waals surface area contributed by atoms with Crippen molar-refractivity contribution in [1.29, 1.82) is 0 Å². The van der Waals surface area contributed by atoms with Gasteiger partial charge in [-0.2, -0.15) is 0 Å². The zero-order valence-electron chi connectivity index (χ0n) is 23.6. The zero-order chi connectivity index (χ0) is 28.1. The molecule has 1 aliphatic heterocycles. The van der Waals surface area contributed by atoms with Crippen molar-refractivity contribution in [3.8, 4) is 5.75 Å². The predicted octanol–water partition coefficient (Wildman–Crippen LogP) is 5.94. The molecule has 0 bridgehead atoms. The van der Waals surface area contributed by atoms with Crippen LogP contribution in [-0.4, -0.2) is 44.6 Å². The van der Waals surface area contributed by atoms with E-state index in [4.69, 9.17) is 23.7 Å². The van der Waals surface area contributed by atoms with Crippen LogP contribution in [-0.2, 0) is 45.4 Å². The quantitative estimate of drug-likeness (QED) is 0.209. The maximum absolute atomic E-state index is 6.65. The predicted molar refractivity (Wildman–Crippen MR) is 159 cm³/mol. The summed E-state index contributed by atoms with van der Waals surface area (Å²) in [6, 6.07) is 38.6. The summed E-state index contributed by atoms with van der Waals surface area (Å²) >= 11 is 0. The van der Waals surface area contributed by atoms with Gasteiger partial charge in [-0.3, -0.25) is 0 Å². The van der Waals surface area contributed by atoms with Gasteiger partial charge in [0, 0.05) is 6.54 Å². The molecular formula is C35H39NO5. The zero-order valence-corrected chi connectivity index (χ0v) is 23.6. The third kappa shape index (κ3) is 8.73. The Morgan fingerprint density at radius 1 is 0.561 bits per heavy atom. The molecule has 0 aliphatic carbocycles. The second kappa shape index (κ2) is 15.5. The van der Waals surface area contributed by atoms with Gasteiger partial charge in [0.25, 0.3) is 0 Å². The maximum atomic E-state index is 6.65. The van der Waals surface area contributed by atoms with Crippen LogP contribution in [0.4, 0.5) is 0 Å². The monoisotopic (exact) mass is 553 g/mol. The normalized spacial score (nSPS) is 20.5. The van der Waals surface area contributed by atoms with Gasteiger partial charge in [-0.15, -0.1) is 0 Å². The van der Waals surface area contributed by atoms with E-state index in [1.807, 2.05) is 78.9 Å². The SMILES string of the molecule is COc1ccc(CO[C@H]2[C@H](OCc3ccccc3)[C@@H](OCc3ccccc3)CN[C@@H]2COCc2ccccc2)cc1. The summed E-state index contributed by atoms with van der Waals surface area (Å²) in [7, 11) is 1.67. The molecule has 41 heavy (non-hydrogen) atoms. The molecule has 6 nitrogen and oxygen atoms in total. The summed E-state index contributed by atoms with van der Waals surface area (Å²) in [4.78, 5) is 0. The number of hydrogen-bond donors (Lipinski definition) is 1. The van der Waals surface area contributed by atoms with E-state index in [9.17, 15) is 0 Å². The average molecular weight is 554 g/mol. The van der Waals surface area contributed by atoms with E-state index in [1.54, 1.807) is 7.11 Å². The molecule has 0 amide bonds. The molecule has 0 unspecified atom stereocenters. The van der Waals surface area contributed by atoms with Crippen molar-refractivity contribution in [3.05, 3.63) is 138 Å². The summed E-state index contributed by atoms with van der Waals surface area (Å²) in [5, 5.41) is 3.65. The van der Waals surface area contributed by atoms with Gasteiger partial charge in [0.2, 0.25) is 0 Å². The van der Waals surface area contributed by atoms with Crippen LogP contribution >= 0.6 is 0 Å². The Balaban J connectivity index is 1.33. The molecule has 1 fully saturated rings. The van der Waals surface area contributed by atoms with Gasteiger partial charge in [0.15, 0.2) is 0 Å². The third-order valence-corrected chi connectivity index (χ3v) is 7.27. The van der Waals surface area contributed by atoms with Gasteiger partial charge in [-0.1, -0.05) is 103 Å². The molecule has 0 radical (unpaired) electrons. The number of nitrogens with one attached hydrogen (secondary N) is 1. The summed E-state index contributed by atoms with van der Waals surface area (Å²) in [6.45, 7) is 3.05. The second-order valence-corrected chi connectivity index (χ2v) is 10.2. The Morgan fingerprint density at radius 2 is 1.05 bits per heavy atom. The number of ether oxygens (including phenoxy) is 5. The molecule has 4 aromatic rings. The fourth-order valence-electron chi connectivity index (χ4n) is 5.00. The lowest BCUT2D eigenvalue weighted by molar-refractivity contribution is -0.181. The smallest absolute Gasteiger partial charge is 0.118 e. The lowest BCUT2D eigenvalue weighted by atomic mass is 9.95. The number of methoxy groups -OCH3 is 1. The van der Waals surface area contributed by atoms with Crippen molar-refractivity contribution in [2.24, 2.45) is 0 Å². The van der Waals surface area contributed by atoms with Gasteiger partial charge in [-0.05, 0) is 34.4 Å². The molecule has 214 valence electrons. The first-order valence-corrected chi connectivity index (χ1v) is 14.2. The highest BCUT2D eigenvalue weighted by molar-refractivity contribution is 5.26. The fourth-order valence-corrected chi connectivity index (χ4v) is 5.00. The van der Waals surface area contributed by atoms with Gasteiger partial charge >= 0.3 is 0 Å². The van der Waals surface area contributed by atoms with Gasteiger partial charge in [-0.25, -0.2) is 0 Å². The van der Waals surface area contributed by atoms with Crippen LogP contribution < -0.4 is 10.1 Å². The van der Waals surface area contributed by atoms with Crippen LogP contribution in [0.5, 0.6) is 5.75 Å². The minimum absolute atomic E-state index is 0.0747. The summed E-state index contributed by atoms with van der Waals surface area (Å²) in [6.07, 6.45) is -0.806. The van der Waals surface area contributed by atoms with Crippen molar-refractivity contribution >= 4 is 0 Å². The molecule has 6 heteroatoms. The lowest BCUT2D eigenvalue weighted by Gasteiger charge is -2.43. The summed E-state index contributed by atoms with van der Waals surface area (Å²) in [5.41, 5.74) is 4.43. The lowest BCUT2D eigenvalue weighted by Crippen LogP contribution is -2.63. The minimum Gasteiger partial charge on any atom is -0.497 e. The first kappa shape index (κ1) is 29.0. The van der Waals surface area contributed by atoms with E-state index in [0.29, 0.717) is 39.6 Å². The second-order valence-electron chi connectivity index (χ2n) is 10.2. The van der Waals surface area contributed by atoms with Crippen LogP contribution in [0.15, 0.2) is 115 Å². The van der Waals surface area contributed by atoms with Crippen molar-refractivity contribution in [2.75, 3.05) is 20.3 Å². The highest BCUT2D eigenvalue weighted by Crippen LogP contribution is 2.25. The van der Waals surface area contributed by atoms with E-state index in [-0.39, 0.29) is 24.4 Å². The molecule has 1 heterocycles. The van der Waals surface area contributed by atoms with E-state index in [2.05, 4.69) is 41.7 Å². The Morgan fingerprint density at radius 3 is 1.61 bits per heavy atom. The number of benzene rings is 4. The molecular weight excluding hydrogens is 514 g/mol. The van der Waals surface area contributed by atoms with Crippen molar-refractivity contribution in [2.45, 2.75) is 50.8 Å². The highest BCUT2D eigenvalue weighted by Gasteiger charge is 2.42. The molecule has 0 spiro atoms. The van der Waals surface area contributed by atoms with Crippen LogP contribution in [0, 0.1) is 0 Å². The number of hydrogen-bond acceptors (Lipinski definition) is 6. The Labute approximate surface area is 243 Å². The molecule has 4 atom stereocenters. The number of piperidine rings is 1. The van der Waals surface area contributed by atoms with E-state index < -0.39 is 0 Å². The molecule has 5 rings (SSSR count). The van der Waals surface area contributed by atoms with Crippen molar-refractivity contribution in [3.63, 3.8) is 0 Å². The van der Waals surface area contributed by atoms with Crippen LogP contribution in [0.2, 0.25) is 0 Å². The first-order valence-electron chi connectivity index (χ1n) is 14.2. The first-order chi connectivity index (χ1) is 20.3. The standard InChI is InChI=1S/C35H39NO5/c1-37-31-19-17-30(18-20-31)25-40-34-32(26-38-22-27-11-5-2-6-12-27)36-21-33(39-23-28-13-7-3-8-14-28)35(34)41-24-29-15-9-4-10-16-29/h2-20,32-36H,21-26H2,1H3/t32-,33+,34-,35-/m1/s1. The molecule has 1 saturated heterocycles. The van der Waals surface area contributed by atoms with Crippen LogP contribution in [0.25, 0.3) is 0 Å². The van der Waals surface area contributed by atoms with Gasteiger partial charge in [0.05, 0.1) is 52.3 Å². The van der Waals surface area contributed by atoms with Crippen LogP contribution in [0.3, 0.4) is 0 Å². The highest BCUT2D eigenvalue weighted by atomic mass is 16.6. The Hall–Kier alpha value is -3.52. The summed E-state index contributed by atoms with van der Waals surface area (Å²) in [5.74, 6) is 0.818. The van der Waals surface area contributed by atoms with Crippen LogP contribution in [0.1, 0.15) is 22.3 Å². The number of rotatable bonds is 14. The minimum atomic E-state index is -0.302. The fraction of sp³-hybridized carbons (Fsp3) is 0.314. The molecule has 1 N–H and O–H groups in total. The van der Waals surface area contributed by atoms with Crippen molar-refractivity contribution < 1.29 is 23.7 Å². The Bertz CT molecular complexity index is 1270. The largest absolute Gasteiger partial charge is 0.497 e. The van der Waals surface area contributed by atoms with Crippen molar-refractivity contribution in [1.82, 2.24) is 5.32 Å².